The van der Waals surface area contributed by atoms with Gasteiger partial charge in [0, 0.05) is 6.42 Å². The summed E-state index contributed by atoms with van der Waals surface area (Å²) in [6.45, 7) is 9.16. The number of hydrogen-bond acceptors (Lipinski definition) is 5. The molecule has 2 rings (SSSR count). The summed E-state index contributed by atoms with van der Waals surface area (Å²) in [4.78, 5) is 12.5. The summed E-state index contributed by atoms with van der Waals surface area (Å²) in [7, 11) is 0. The van der Waals surface area contributed by atoms with E-state index in [4.69, 9.17) is 4.74 Å². The monoisotopic (exact) mass is 272 g/mol. The lowest BCUT2D eigenvalue weighted by molar-refractivity contribution is -0.307. The van der Waals surface area contributed by atoms with Gasteiger partial charge in [-0.2, -0.15) is 0 Å². The van der Waals surface area contributed by atoms with E-state index in [0.29, 0.717) is 0 Å². The number of carbonyl (C=O) groups is 1. The Bertz CT molecular complexity index is 399. The Balaban J connectivity index is 2.60. The van der Waals surface area contributed by atoms with Crippen LogP contribution in [-0.4, -0.2) is 50.6 Å². The number of aliphatic hydroxyl groups is 3. The molecule has 2 bridgehead atoms. The summed E-state index contributed by atoms with van der Waals surface area (Å²) >= 11 is 0. The molecule has 2 fully saturated rings. The Labute approximate surface area is 113 Å². The Morgan fingerprint density at radius 2 is 1.74 bits per heavy atom. The Morgan fingerprint density at radius 1 is 1.21 bits per heavy atom. The van der Waals surface area contributed by atoms with Crippen LogP contribution in [-0.2, 0) is 9.53 Å². The molecule has 0 spiro atoms. The van der Waals surface area contributed by atoms with Gasteiger partial charge in [0.1, 0.15) is 23.9 Å². The third kappa shape index (κ3) is 1.59. The first-order valence-electron chi connectivity index (χ1n) is 6.78. The van der Waals surface area contributed by atoms with Crippen molar-refractivity contribution in [3.8, 4) is 0 Å². The van der Waals surface area contributed by atoms with Gasteiger partial charge in [-0.15, -0.1) is 0 Å². The predicted octanol–water partition coefficient (Wildman–Crippen LogP) is 0.252. The summed E-state index contributed by atoms with van der Waals surface area (Å²) in [5, 5.41) is 30.8. The summed E-state index contributed by atoms with van der Waals surface area (Å²) in [6, 6.07) is 0. The molecule has 5 atom stereocenters. The summed E-state index contributed by atoms with van der Waals surface area (Å²) < 4.78 is 6.00. The van der Waals surface area contributed by atoms with Crippen molar-refractivity contribution in [1.29, 1.82) is 0 Å². The first-order valence-corrected chi connectivity index (χ1v) is 6.78. The number of fused-ring (bicyclic) bond motifs is 2. The maximum Gasteiger partial charge on any atom is 0.170 e. The zero-order chi connectivity index (χ0) is 14.8. The second-order valence-corrected chi connectivity index (χ2v) is 7.17. The van der Waals surface area contributed by atoms with Crippen molar-refractivity contribution in [1.82, 2.24) is 0 Å². The van der Waals surface area contributed by atoms with Gasteiger partial charge in [0.25, 0.3) is 0 Å². The van der Waals surface area contributed by atoms with E-state index < -0.39 is 34.9 Å². The van der Waals surface area contributed by atoms with E-state index in [2.05, 4.69) is 0 Å². The number of Topliss-reactive ketones (excluding diaryl/α,β-unsaturated/α-hetero) is 1. The zero-order valence-electron chi connectivity index (χ0n) is 12.2. The van der Waals surface area contributed by atoms with Gasteiger partial charge in [-0.1, -0.05) is 34.6 Å². The second-order valence-electron chi connectivity index (χ2n) is 7.17. The third-order valence-electron chi connectivity index (χ3n) is 4.90. The van der Waals surface area contributed by atoms with Crippen molar-refractivity contribution >= 4 is 5.78 Å². The molecule has 5 nitrogen and oxygen atoms in total. The van der Waals surface area contributed by atoms with Crippen LogP contribution in [0.1, 0.15) is 41.0 Å². The number of hydrogen-bond donors (Lipinski definition) is 3. The van der Waals surface area contributed by atoms with Crippen molar-refractivity contribution in [2.24, 2.45) is 11.3 Å². The van der Waals surface area contributed by atoms with E-state index in [9.17, 15) is 20.1 Å². The molecular formula is C14H24O5. The normalized spacial score (nSPS) is 47.0. The molecule has 0 saturated carbocycles. The van der Waals surface area contributed by atoms with E-state index >= 15 is 0 Å². The first kappa shape index (κ1) is 14.9. The van der Waals surface area contributed by atoms with Crippen molar-refractivity contribution in [2.75, 3.05) is 0 Å². The average molecular weight is 272 g/mol. The maximum atomic E-state index is 12.5. The van der Waals surface area contributed by atoms with Gasteiger partial charge in [0.2, 0.25) is 0 Å². The molecule has 0 aromatic rings. The molecule has 2 heterocycles. The molecule has 19 heavy (non-hydrogen) atoms. The highest BCUT2D eigenvalue weighted by Gasteiger charge is 2.72. The average Bonchev–Trinajstić information content (AvgIpc) is 2.58. The van der Waals surface area contributed by atoms with Crippen molar-refractivity contribution < 1.29 is 24.9 Å². The molecule has 0 aromatic heterocycles. The van der Waals surface area contributed by atoms with Crippen LogP contribution in [0.15, 0.2) is 0 Å². The van der Waals surface area contributed by atoms with Gasteiger partial charge in [-0.05, 0) is 11.3 Å². The molecule has 0 amide bonds. The highest BCUT2D eigenvalue weighted by atomic mass is 16.6. The fraction of sp³-hybridized carbons (Fsp3) is 0.929. The Hall–Kier alpha value is -0.490. The van der Waals surface area contributed by atoms with Crippen LogP contribution in [0.5, 0.6) is 0 Å². The SMILES string of the molecule is CC(C)[C@@]12O[C@@](C(C)(C)C)(CC1=O)[C@@H](O)[C@H](O)[C@H]2O. The molecule has 2 saturated heterocycles. The lowest BCUT2D eigenvalue weighted by atomic mass is 9.69. The first-order chi connectivity index (χ1) is 8.50. The minimum Gasteiger partial charge on any atom is -0.387 e. The van der Waals surface area contributed by atoms with Crippen molar-refractivity contribution in [2.45, 2.75) is 70.6 Å². The molecule has 0 aromatic carbocycles. The van der Waals surface area contributed by atoms with Crippen LogP contribution in [0.2, 0.25) is 0 Å². The topological polar surface area (TPSA) is 87.0 Å². The molecule has 0 unspecified atom stereocenters. The van der Waals surface area contributed by atoms with E-state index in [1.54, 1.807) is 13.8 Å². The molecule has 110 valence electrons. The number of ether oxygens (including phenoxy) is 1. The number of ketones is 1. The van der Waals surface area contributed by atoms with Gasteiger partial charge in [0.05, 0.1) is 0 Å². The standard InChI is InChI=1S/C14H24O5/c1-7(2)14-8(15)6-13(19-14,12(3,4)5)10(17)9(16)11(14)18/h7,9-11,16-18H,6H2,1-5H3/t9-,10-,11+,13-,14+/m0/s1. The quantitative estimate of drug-likeness (QED) is 0.637. The molecule has 3 N–H and O–H groups in total. The largest absolute Gasteiger partial charge is 0.387 e. The predicted molar refractivity (Wildman–Crippen MR) is 68.5 cm³/mol. The van der Waals surface area contributed by atoms with Crippen LogP contribution >= 0.6 is 0 Å². The molecule has 2 aliphatic heterocycles. The van der Waals surface area contributed by atoms with E-state index in [1.807, 2.05) is 20.8 Å². The smallest absolute Gasteiger partial charge is 0.170 e. The molecule has 0 radical (unpaired) electrons. The minimum atomic E-state index is -1.41. The van der Waals surface area contributed by atoms with Crippen LogP contribution in [0, 0.1) is 11.3 Å². The molecule has 2 aliphatic rings. The summed E-state index contributed by atoms with van der Waals surface area (Å²) in [5.41, 5.74) is -3.08. The molecule has 5 heteroatoms. The zero-order valence-corrected chi connectivity index (χ0v) is 12.2. The maximum absolute atomic E-state index is 12.5. The number of aliphatic hydroxyl groups excluding tert-OH is 3. The van der Waals surface area contributed by atoms with Crippen LogP contribution in [0.4, 0.5) is 0 Å². The lowest BCUT2D eigenvalue weighted by Crippen LogP contribution is -2.70. The van der Waals surface area contributed by atoms with E-state index in [-0.39, 0.29) is 18.1 Å². The number of rotatable bonds is 1. The minimum absolute atomic E-state index is 0.0178. The second kappa shape index (κ2) is 4.01. The van der Waals surface area contributed by atoms with Crippen LogP contribution in [0.3, 0.4) is 0 Å². The van der Waals surface area contributed by atoms with Crippen LogP contribution < -0.4 is 0 Å². The lowest BCUT2D eigenvalue weighted by Gasteiger charge is -2.53. The van der Waals surface area contributed by atoms with Gasteiger partial charge in [-0.3, -0.25) is 4.79 Å². The molecular weight excluding hydrogens is 248 g/mol. The van der Waals surface area contributed by atoms with Gasteiger partial charge in [-0.25, -0.2) is 0 Å². The van der Waals surface area contributed by atoms with Gasteiger partial charge < -0.3 is 20.1 Å². The van der Waals surface area contributed by atoms with Crippen LogP contribution in [0.25, 0.3) is 0 Å². The highest BCUT2D eigenvalue weighted by Crippen LogP contribution is 2.56. The summed E-state index contributed by atoms with van der Waals surface area (Å²) in [6.07, 6.45) is -4.03. The van der Waals surface area contributed by atoms with Crippen molar-refractivity contribution in [3.63, 3.8) is 0 Å². The summed E-state index contributed by atoms with van der Waals surface area (Å²) in [5.74, 6) is -0.512. The number of carbonyl (C=O) groups excluding carboxylic acids is 1. The third-order valence-corrected chi connectivity index (χ3v) is 4.90. The fourth-order valence-electron chi connectivity index (χ4n) is 3.51. The van der Waals surface area contributed by atoms with E-state index in [1.165, 1.54) is 0 Å². The van der Waals surface area contributed by atoms with Crippen molar-refractivity contribution in [3.05, 3.63) is 0 Å². The van der Waals surface area contributed by atoms with E-state index in [0.717, 1.165) is 0 Å². The molecule has 0 aliphatic carbocycles. The Kier molecular flexibility index (Phi) is 3.14. The Morgan fingerprint density at radius 3 is 2.16 bits per heavy atom. The highest BCUT2D eigenvalue weighted by molar-refractivity contribution is 5.92. The fourth-order valence-corrected chi connectivity index (χ4v) is 3.51. The van der Waals surface area contributed by atoms with Gasteiger partial charge in [0.15, 0.2) is 11.4 Å². The van der Waals surface area contributed by atoms with Gasteiger partial charge >= 0.3 is 0 Å².